The van der Waals surface area contributed by atoms with Gasteiger partial charge in [0.25, 0.3) is 11.5 Å². The molecule has 1 aromatic heterocycles. The molecule has 7 N–H and O–H groups in total. The summed E-state index contributed by atoms with van der Waals surface area (Å²) in [5.74, 6) is -16.3. The number of halogens is 7. The summed E-state index contributed by atoms with van der Waals surface area (Å²) < 4.78 is 198. The number of esters is 2. The third-order valence-corrected chi connectivity index (χ3v) is 14.7. The number of para-hydroxylation sites is 2. The molecule has 0 radical (unpaired) electrons. The third kappa shape index (κ3) is 16.9. The number of rotatable bonds is 20. The number of nitrogens with zero attached hydrogens (tertiary/aromatic N) is 2. The van der Waals surface area contributed by atoms with Crippen LogP contribution in [-0.2, 0) is 47.0 Å². The van der Waals surface area contributed by atoms with E-state index in [-0.39, 0.29) is 17.3 Å². The van der Waals surface area contributed by atoms with Gasteiger partial charge in [-0.15, -0.1) is 0 Å². The number of aliphatic hydroxyl groups excluding tert-OH is 3. The zero-order valence-corrected chi connectivity index (χ0v) is 47.4. The summed E-state index contributed by atoms with van der Waals surface area (Å²) in [6.07, 6.45) is -12.2. The van der Waals surface area contributed by atoms with Crippen molar-refractivity contribution in [1.29, 1.82) is 0 Å². The molecule has 4 aromatic rings. The summed E-state index contributed by atoms with van der Waals surface area (Å²) in [6.45, 7) is 13.1. The summed E-state index contributed by atoms with van der Waals surface area (Å²) in [7, 11) is -9.25. The predicted molar refractivity (Wildman–Crippen MR) is 280 cm³/mol. The van der Waals surface area contributed by atoms with Crippen LogP contribution >= 0.6 is 15.5 Å². The zero-order valence-electron chi connectivity index (χ0n) is 49.6. The summed E-state index contributed by atoms with van der Waals surface area (Å²) in [5, 5.41) is 36.2. The van der Waals surface area contributed by atoms with E-state index in [1.165, 1.54) is 64.1 Å². The molecular weight excluding hydrogens is 1180 g/mol. The van der Waals surface area contributed by atoms with Crippen LogP contribution in [0.1, 0.15) is 67.1 Å². The molecule has 1 amide bonds. The van der Waals surface area contributed by atoms with Crippen molar-refractivity contribution in [3.63, 3.8) is 0 Å². The normalized spacial score (nSPS) is 25.9. The van der Waals surface area contributed by atoms with Gasteiger partial charge in [0.2, 0.25) is 34.8 Å². The van der Waals surface area contributed by atoms with Gasteiger partial charge in [-0.1, -0.05) is 43.0 Å². The average molecular weight is 1250 g/mol. The lowest BCUT2D eigenvalue weighted by Gasteiger charge is -2.35. The molecule has 0 aliphatic carbocycles. The molecule has 3 aliphatic heterocycles. The summed E-state index contributed by atoms with van der Waals surface area (Å²) in [6, 6.07) is 10.9. The van der Waals surface area contributed by atoms with E-state index in [9.17, 15) is 69.7 Å². The number of hydrogen-bond donors (Lipinski definition) is 7. The standard InChI is InChI=1S/C23H31FN3O8P.C18H17F5NO5P.C10H13FN2O5/c1-14(2)33-21(30)15(3)26-36(31,35-17-9-7-6-8-10-17)32-13-18-20(29)23(5,24)22(34-18)27-12-11-19(28)25-16(27)4;1-9(2)27-18(25)10(3)24-30(26,28-11-7-5-4-6-8-11)29-17-15(22)13(20)12(19)14(21)16(17)23;1-10(11)7(16)5(4-14)18-8(10)13-3-2-6(15)12-9(13)17/h6-12,14-15,18,20,22,29H,4,13H2,1-3,5H3,(H,25,28)(H,26,31);4-10H,1-3H3,(H,24,26);2-3,5,7-8,14,16H,4H2,1H3,(H,12,15,17)/t15-,18+,20?,22+,23-,36-;10-,30-;5-,7?,8-,10+/m001/s1/i11D,12D;;2D,3D. The van der Waals surface area contributed by atoms with E-state index < -0.39 is 190 Å². The van der Waals surface area contributed by atoms with Gasteiger partial charge < -0.3 is 58.1 Å². The number of aliphatic hydroxyl groups is 3. The Kier molecular flexibility index (Phi) is 20.8. The molecule has 7 rings (SSSR count). The second-order valence-electron chi connectivity index (χ2n) is 19.1. The Morgan fingerprint density at radius 2 is 1.19 bits per heavy atom. The summed E-state index contributed by atoms with van der Waals surface area (Å²) in [5.41, 5.74) is -7.22. The largest absolute Gasteiger partial charge is 0.513 e. The second-order valence-corrected chi connectivity index (χ2v) is 22.4. The molecule has 24 nitrogen and oxygen atoms in total. The van der Waals surface area contributed by atoms with Crippen LogP contribution in [0.25, 0.3) is 0 Å². The van der Waals surface area contributed by atoms with E-state index in [0.29, 0.717) is 4.57 Å². The molecule has 3 aromatic carbocycles. The monoisotopic (exact) mass is 1240 g/mol. The van der Waals surface area contributed by atoms with E-state index >= 15 is 4.39 Å². The van der Waals surface area contributed by atoms with Crippen LogP contribution in [0.2, 0.25) is 0 Å². The van der Waals surface area contributed by atoms with E-state index in [4.69, 9.17) is 43.1 Å². The van der Waals surface area contributed by atoms with Crippen molar-refractivity contribution in [2.45, 2.75) is 128 Å². The number of carbonyl (C=O) groups excluding carboxylic acids is 3. The van der Waals surface area contributed by atoms with E-state index in [0.717, 1.165) is 18.7 Å². The van der Waals surface area contributed by atoms with Gasteiger partial charge in [-0.3, -0.25) is 33.3 Å². The number of aromatic nitrogens is 2. The number of nitrogens with one attached hydrogen (secondary N) is 4. The lowest BCUT2D eigenvalue weighted by molar-refractivity contribution is -0.150. The van der Waals surface area contributed by atoms with Gasteiger partial charge in [-0.2, -0.15) is 19.0 Å². The molecule has 2 saturated heterocycles. The lowest BCUT2D eigenvalue weighted by Crippen LogP contribution is -2.51. The van der Waals surface area contributed by atoms with Crippen molar-refractivity contribution >= 4 is 33.3 Å². The van der Waals surface area contributed by atoms with Gasteiger partial charge in [-0.25, -0.2) is 35.9 Å². The van der Waals surface area contributed by atoms with Crippen molar-refractivity contribution < 1.29 is 112 Å². The van der Waals surface area contributed by atoms with Crippen LogP contribution in [-0.4, -0.2) is 127 Å². The van der Waals surface area contributed by atoms with Gasteiger partial charge in [0, 0.05) is 24.4 Å². The fraction of sp³-hybridized carbons (Fsp3) is 0.431. The van der Waals surface area contributed by atoms with Crippen molar-refractivity contribution in [3.8, 4) is 17.2 Å². The zero-order chi connectivity index (χ0) is 66.3. The Bertz CT molecular complexity index is 3440. The highest BCUT2D eigenvalue weighted by molar-refractivity contribution is 7.52. The smallest absolute Gasteiger partial charge is 0.462 e. The number of ether oxygens (including phenoxy) is 4. The number of H-pyrrole nitrogens is 1. The summed E-state index contributed by atoms with van der Waals surface area (Å²) >= 11 is 0. The highest BCUT2D eigenvalue weighted by Gasteiger charge is 2.58. The first-order valence-corrected chi connectivity index (χ1v) is 27.9. The number of aromatic amines is 1. The first-order valence-electron chi connectivity index (χ1n) is 26.8. The number of hydrogen-bond acceptors (Lipinski definition) is 19. The third-order valence-electron chi connectivity index (χ3n) is 11.5. The number of alkyl halides is 2. The predicted octanol–water partition coefficient (Wildman–Crippen LogP) is 5.74. The molecule has 0 bridgehead atoms. The minimum absolute atomic E-state index is 0.137. The van der Waals surface area contributed by atoms with Gasteiger partial charge >= 0.3 is 33.1 Å². The van der Waals surface area contributed by atoms with Crippen LogP contribution in [0.5, 0.6) is 17.2 Å². The van der Waals surface area contributed by atoms with Crippen molar-refractivity contribution in [1.82, 2.24) is 29.9 Å². The van der Waals surface area contributed by atoms with Gasteiger partial charge in [0.15, 0.2) is 23.8 Å². The number of benzene rings is 3. The van der Waals surface area contributed by atoms with Gasteiger partial charge in [-0.05, 0) is 79.7 Å². The maximum Gasteiger partial charge on any atom is 0.513 e. The Balaban J connectivity index is 0.000000252. The Morgan fingerprint density at radius 3 is 1.68 bits per heavy atom. The van der Waals surface area contributed by atoms with Crippen molar-refractivity contribution in [3.05, 3.63) is 147 Å². The molecule has 84 heavy (non-hydrogen) atoms. The number of carbonyl (C=O) groups is 3. The Morgan fingerprint density at radius 1 is 0.738 bits per heavy atom. The van der Waals surface area contributed by atoms with E-state index in [2.05, 4.69) is 26.6 Å². The van der Waals surface area contributed by atoms with Gasteiger partial charge in [0.05, 0.1) is 30.9 Å². The first kappa shape index (κ1) is 61.6. The quantitative estimate of drug-likeness (QED) is 0.0182. The molecule has 0 saturated carbocycles. The van der Waals surface area contributed by atoms with Crippen LogP contribution in [0.4, 0.5) is 30.7 Å². The van der Waals surface area contributed by atoms with E-state index in [1.807, 2.05) is 0 Å². The van der Waals surface area contributed by atoms with Crippen LogP contribution in [0.15, 0.2) is 107 Å². The van der Waals surface area contributed by atoms with E-state index in [1.54, 1.807) is 43.1 Å². The fourth-order valence-electron chi connectivity index (χ4n) is 7.39. The SMILES string of the molecule is CC(C)OC(=O)[C@H](C)N[P@](=O)(Oc1ccccc1)Oc1c(F)c(F)c(F)c(F)c1F.[2H]C1=C([2H])N([C@@H]2O[C@H](CO[P@@](=O)(N[C@@H](C)C(=O)OC(C)C)Oc3ccccc3)C(O)[C@]2(C)F)C(=C)NC1=O.[2H]c1c([2H])n([C@@H]2O[C@H](CO)C(O)[C@]2(C)F)c(=O)[nH]c1=O. The Hall–Kier alpha value is -6.92. The fourth-order valence-corrected chi connectivity index (χ4v) is 10.4. The molecule has 2 unspecified atom stereocenters. The highest BCUT2D eigenvalue weighted by Crippen LogP contribution is 2.49. The summed E-state index contributed by atoms with van der Waals surface area (Å²) in [4.78, 5) is 61.5. The molecule has 3 aliphatic rings. The van der Waals surface area contributed by atoms with Crippen molar-refractivity contribution in [2.24, 2.45) is 0 Å². The molecular formula is C51H61F7N6O18P2. The molecule has 2 fully saturated rings. The minimum atomic E-state index is -4.91. The van der Waals surface area contributed by atoms with Crippen LogP contribution in [0, 0.1) is 29.1 Å². The first-order chi connectivity index (χ1) is 40.8. The maximum absolute atomic E-state index is 15.7. The topological polar surface area (TPSA) is 314 Å². The molecule has 4 heterocycles. The average Bonchev–Trinajstić information content (AvgIpc) is 1.62. The van der Waals surface area contributed by atoms with Crippen LogP contribution < -0.4 is 40.3 Å². The highest BCUT2D eigenvalue weighted by atomic mass is 31.2. The molecule has 462 valence electrons. The van der Waals surface area contributed by atoms with Crippen LogP contribution in [0.3, 0.4) is 0 Å². The second kappa shape index (κ2) is 28.3. The molecule has 33 heteroatoms. The minimum Gasteiger partial charge on any atom is -0.462 e. The maximum atomic E-state index is 15.7. The van der Waals surface area contributed by atoms with Gasteiger partial charge in [0.1, 0.15) is 53.8 Å². The Labute approximate surface area is 480 Å². The molecule has 0 spiro atoms. The lowest BCUT2D eigenvalue weighted by atomic mass is 9.98. The van der Waals surface area contributed by atoms with Crippen molar-refractivity contribution in [2.75, 3.05) is 13.2 Å². The molecule has 12 atom stereocenters. The number of amides is 1.